The molecule has 14 heavy (non-hydrogen) atoms. The summed E-state index contributed by atoms with van der Waals surface area (Å²) < 4.78 is 5.22. The van der Waals surface area contributed by atoms with Gasteiger partial charge in [-0.05, 0) is 11.5 Å². The van der Waals surface area contributed by atoms with Crippen LogP contribution in [0.2, 0.25) is 0 Å². The minimum absolute atomic E-state index is 0.882. The number of methoxy groups -OCH3 is 1. The fourth-order valence-corrected chi connectivity index (χ4v) is 1.61. The second kappa shape index (κ2) is 3.58. The van der Waals surface area contributed by atoms with Gasteiger partial charge in [-0.3, -0.25) is 0 Å². The van der Waals surface area contributed by atoms with E-state index in [1.165, 1.54) is 10.8 Å². The lowest BCUT2D eigenvalue weighted by Gasteiger charge is -2.08. The maximum Gasteiger partial charge on any atom is 0.121 e. The maximum atomic E-state index is 5.22. The Hall–Kier alpha value is -1.70. The van der Waals surface area contributed by atoms with E-state index < -0.39 is 0 Å². The lowest BCUT2D eigenvalue weighted by Crippen LogP contribution is -1.91. The highest BCUT2D eigenvalue weighted by Crippen LogP contribution is 2.28. The summed E-state index contributed by atoms with van der Waals surface area (Å²) in [5, 5.41) is 5.57. The highest BCUT2D eigenvalue weighted by molar-refractivity contribution is 5.95. The molecular formula is C12H13NO. The topological polar surface area (TPSA) is 21.3 Å². The number of ether oxygens (including phenoxy) is 1. The zero-order valence-electron chi connectivity index (χ0n) is 8.37. The number of fused-ring (bicyclic) bond motifs is 1. The third-order valence-electron chi connectivity index (χ3n) is 2.34. The third kappa shape index (κ3) is 1.39. The largest absolute Gasteiger partial charge is 0.497 e. The maximum absolute atomic E-state index is 5.22. The predicted octanol–water partition coefficient (Wildman–Crippen LogP) is 2.89. The summed E-state index contributed by atoms with van der Waals surface area (Å²) in [5.74, 6) is 0.882. The first kappa shape index (κ1) is 8.88. The Morgan fingerprint density at radius 2 is 1.93 bits per heavy atom. The second-order valence-corrected chi connectivity index (χ2v) is 3.15. The van der Waals surface area contributed by atoms with E-state index in [4.69, 9.17) is 4.74 Å². The molecular weight excluding hydrogens is 174 g/mol. The van der Waals surface area contributed by atoms with Crippen molar-refractivity contribution >= 4 is 16.5 Å². The zero-order chi connectivity index (χ0) is 9.97. The van der Waals surface area contributed by atoms with E-state index in [-0.39, 0.29) is 0 Å². The van der Waals surface area contributed by atoms with E-state index >= 15 is 0 Å². The van der Waals surface area contributed by atoms with Crippen LogP contribution in [0.25, 0.3) is 10.8 Å². The smallest absolute Gasteiger partial charge is 0.121 e. The molecule has 0 bridgehead atoms. The Morgan fingerprint density at radius 3 is 2.64 bits per heavy atom. The Labute approximate surface area is 83.5 Å². The summed E-state index contributed by atoms with van der Waals surface area (Å²) in [5.41, 5.74) is 1.10. The first-order valence-electron chi connectivity index (χ1n) is 4.59. The molecule has 72 valence electrons. The molecule has 0 aromatic heterocycles. The highest BCUT2D eigenvalue weighted by atomic mass is 16.5. The molecule has 2 heteroatoms. The summed E-state index contributed by atoms with van der Waals surface area (Å²) in [6, 6.07) is 12.3. The number of nitrogens with one attached hydrogen (secondary N) is 1. The molecule has 2 nitrogen and oxygen atoms in total. The van der Waals surface area contributed by atoms with Gasteiger partial charge in [-0.15, -0.1) is 0 Å². The minimum Gasteiger partial charge on any atom is -0.497 e. The molecule has 0 heterocycles. The minimum atomic E-state index is 0.882. The molecule has 2 rings (SSSR count). The van der Waals surface area contributed by atoms with Crippen molar-refractivity contribution in [1.29, 1.82) is 0 Å². The third-order valence-corrected chi connectivity index (χ3v) is 2.34. The molecule has 0 amide bonds. The molecule has 1 N–H and O–H groups in total. The molecule has 2 aromatic carbocycles. The summed E-state index contributed by atoms with van der Waals surface area (Å²) in [6.45, 7) is 0. The van der Waals surface area contributed by atoms with Crippen LogP contribution < -0.4 is 10.1 Å². The van der Waals surface area contributed by atoms with Crippen LogP contribution in [0.4, 0.5) is 5.69 Å². The van der Waals surface area contributed by atoms with E-state index in [2.05, 4.69) is 17.4 Å². The molecule has 0 saturated carbocycles. The van der Waals surface area contributed by atoms with Crippen molar-refractivity contribution in [3.05, 3.63) is 36.4 Å². The Morgan fingerprint density at radius 1 is 1.14 bits per heavy atom. The van der Waals surface area contributed by atoms with Crippen LogP contribution in [-0.4, -0.2) is 14.2 Å². The average molecular weight is 187 g/mol. The van der Waals surface area contributed by atoms with Crippen LogP contribution in [0.5, 0.6) is 5.75 Å². The number of benzene rings is 2. The number of hydrogen-bond acceptors (Lipinski definition) is 2. The number of hydrogen-bond donors (Lipinski definition) is 1. The first-order chi connectivity index (χ1) is 6.85. The van der Waals surface area contributed by atoms with Gasteiger partial charge in [0, 0.05) is 24.2 Å². The zero-order valence-corrected chi connectivity index (χ0v) is 8.37. The van der Waals surface area contributed by atoms with E-state index in [1.54, 1.807) is 7.11 Å². The summed E-state index contributed by atoms with van der Waals surface area (Å²) in [6.07, 6.45) is 0. The van der Waals surface area contributed by atoms with Gasteiger partial charge in [0.15, 0.2) is 0 Å². The van der Waals surface area contributed by atoms with Crippen LogP contribution in [0, 0.1) is 0 Å². The van der Waals surface area contributed by atoms with Gasteiger partial charge < -0.3 is 10.1 Å². The van der Waals surface area contributed by atoms with Gasteiger partial charge >= 0.3 is 0 Å². The molecule has 0 atom stereocenters. The highest BCUT2D eigenvalue weighted by Gasteiger charge is 2.01. The molecule has 0 unspecified atom stereocenters. The van der Waals surface area contributed by atoms with E-state index in [1.807, 2.05) is 31.3 Å². The van der Waals surface area contributed by atoms with Crippen molar-refractivity contribution in [3.8, 4) is 5.75 Å². The summed E-state index contributed by atoms with van der Waals surface area (Å²) >= 11 is 0. The van der Waals surface area contributed by atoms with Gasteiger partial charge in [-0.2, -0.15) is 0 Å². The Balaban J connectivity index is 2.73. The quantitative estimate of drug-likeness (QED) is 0.780. The van der Waals surface area contributed by atoms with Crippen LogP contribution in [0.15, 0.2) is 36.4 Å². The fourth-order valence-electron chi connectivity index (χ4n) is 1.61. The Kier molecular flexibility index (Phi) is 2.27. The van der Waals surface area contributed by atoms with Crippen molar-refractivity contribution in [2.45, 2.75) is 0 Å². The first-order valence-corrected chi connectivity index (χ1v) is 4.59. The van der Waals surface area contributed by atoms with Crippen LogP contribution in [0.1, 0.15) is 0 Å². The number of rotatable bonds is 2. The summed E-state index contributed by atoms with van der Waals surface area (Å²) in [7, 11) is 3.60. The van der Waals surface area contributed by atoms with Gasteiger partial charge in [0.1, 0.15) is 5.75 Å². The van der Waals surface area contributed by atoms with Crippen LogP contribution in [0.3, 0.4) is 0 Å². The molecule has 0 saturated heterocycles. The van der Waals surface area contributed by atoms with Crippen LogP contribution >= 0.6 is 0 Å². The van der Waals surface area contributed by atoms with Crippen molar-refractivity contribution in [3.63, 3.8) is 0 Å². The van der Waals surface area contributed by atoms with Crippen molar-refractivity contribution < 1.29 is 4.74 Å². The molecule has 2 aromatic rings. The van der Waals surface area contributed by atoms with E-state index in [9.17, 15) is 0 Å². The van der Waals surface area contributed by atoms with E-state index in [0.717, 1.165) is 11.4 Å². The monoisotopic (exact) mass is 187 g/mol. The molecule has 0 fully saturated rings. The standard InChI is InChI=1S/C12H13NO/c1-13-12-8-10(14-2)7-9-5-3-4-6-11(9)12/h3-8,13H,1-2H3. The van der Waals surface area contributed by atoms with Crippen molar-refractivity contribution in [2.75, 3.05) is 19.5 Å². The Bertz CT molecular complexity index is 451. The van der Waals surface area contributed by atoms with Gasteiger partial charge in [-0.1, -0.05) is 24.3 Å². The molecule has 0 aliphatic heterocycles. The van der Waals surface area contributed by atoms with E-state index in [0.29, 0.717) is 0 Å². The lowest BCUT2D eigenvalue weighted by molar-refractivity contribution is 0.415. The second-order valence-electron chi connectivity index (χ2n) is 3.15. The molecule has 0 radical (unpaired) electrons. The van der Waals surface area contributed by atoms with Crippen molar-refractivity contribution in [2.24, 2.45) is 0 Å². The van der Waals surface area contributed by atoms with Gasteiger partial charge in [0.2, 0.25) is 0 Å². The predicted molar refractivity (Wildman–Crippen MR) is 60.0 cm³/mol. The summed E-state index contributed by atoms with van der Waals surface area (Å²) in [4.78, 5) is 0. The normalized spacial score (nSPS) is 10.1. The number of anilines is 1. The molecule has 0 aliphatic carbocycles. The fraction of sp³-hybridized carbons (Fsp3) is 0.167. The molecule has 0 spiro atoms. The van der Waals surface area contributed by atoms with Crippen molar-refractivity contribution in [1.82, 2.24) is 0 Å². The van der Waals surface area contributed by atoms with Crippen LogP contribution in [-0.2, 0) is 0 Å². The SMILES string of the molecule is CNc1cc(OC)cc2ccccc12. The molecule has 0 aliphatic rings. The van der Waals surface area contributed by atoms with Gasteiger partial charge in [0.05, 0.1) is 7.11 Å². The van der Waals surface area contributed by atoms with Gasteiger partial charge in [0.25, 0.3) is 0 Å². The average Bonchev–Trinajstić information content (AvgIpc) is 2.27. The van der Waals surface area contributed by atoms with Gasteiger partial charge in [-0.25, -0.2) is 0 Å². The lowest BCUT2D eigenvalue weighted by atomic mass is 10.1.